The summed E-state index contributed by atoms with van der Waals surface area (Å²) in [7, 11) is 0. The van der Waals surface area contributed by atoms with Gasteiger partial charge in [-0.15, -0.1) is 0 Å². The second-order valence-corrected chi connectivity index (χ2v) is 6.85. The number of carbonyl (C=O) groups is 1. The van der Waals surface area contributed by atoms with Crippen LogP contribution in [0.1, 0.15) is 30.0 Å². The van der Waals surface area contributed by atoms with E-state index in [4.69, 9.17) is 0 Å². The molecule has 1 amide bonds. The first kappa shape index (κ1) is 16.7. The number of hydrogen-bond acceptors (Lipinski definition) is 2. The van der Waals surface area contributed by atoms with Crippen molar-refractivity contribution >= 4 is 5.91 Å². The zero-order valence-electron chi connectivity index (χ0n) is 14.3. The molecule has 3 nitrogen and oxygen atoms in total. The summed E-state index contributed by atoms with van der Waals surface area (Å²) < 4.78 is 0. The third-order valence-corrected chi connectivity index (χ3v) is 4.67. The van der Waals surface area contributed by atoms with Crippen molar-refractivity contribution in [1.82, 2.24) is 10.6 Å². The van der Waals surface area contributed by atoms with Crippen LogP contribution in [0.2, 0.25) is 0 Å². The smallest absolute Gasteiger partial charge is 0.220 e. The number of carbonyl (C=O) groups excluding carboxylic acids is 1. The lowest BCUT2D eigenvalue weighted by atomic mass is 9.95. The molecule has 0 bridgehead atoms. The largest absolute Gasteiger partial charge is 0.355 e. The van der Waals surface area contributed by atoms with Crippen LogP contribution in [0.25, 0.3) is 0 Å². The van der Waals surface area contributed by atoms with Gasteiger partial charge in [0.2, 0.25) is 5.91 Å². The topological polar surface area (TPSA) is 41.1 Å². The van der Waals surface area contributed by atoms with Crippen molar-refractivity contribution in [3.63, 3.8) is 0 Å². The third kappa shape index (κ3) is 4.68. The van der Waals surface area contributed by atoms with Crippen LogP contribution in [0.5, 0.6) is 0 Å². The first-order chi connectivity index (χ1) is 11.7. The maximum Gasteiger partial charge on any atom is 0.220 e. The molecule has 1 aliphatic rings. The second-order valence-electron chi connectivity index (χ2n) is 6.85. The van der Waals surface area contributed by atoms with Crippen LogP contribution in [0.4, 0.5) is 0 Å². The molecule has 0 aromatic heterocycles. The fraction of sp³-hybridized carbons (Fsp3) is 0.381. The molecule has 2 aromatic carbocycles. The summed E-state index contributed by atoms with van der Waals surface area (Å²) in [6.07, 6.45) is 2.51. The Kier molecular flexibility index (Phi) is 5.65. The van der Waals surface area contributed by atoms with Crippen LogP contribution >= 0.6 is 0 Å². The van der Waals surface area contributed by atoms with Gasteiger partial charge in [-0.05, 0) is 35.4 Å². The van der Waals surface area contributed by atoms with Crippen LogP contribution < -0.4 is 10.6 Å². The molecule has 2 unspecified atom stereocenters. The zero-order chi connectivity index (χ0) is 16.8. The summed E-state index contributed by atoms with van der Waals surface area (Å²) >= 11 is 0. The SMILES string of the molecule is CC(CC(=O)NCC1Cc2ccccc2CN1)Cc1ccccc1. The van der Waals surface area contributed by atoms with Crippen molar-refractivity contribution in [1.29, 1.82) is 0 Å². The molecule has 2 aromatic rings. The van der Waals surface area contributed by atoms with Gasteiger partial charge in [0.15, 0.2) is 0 Å². The molecule has 24 heavy (non-hydrogen) atoms. The van der Waals surface area contributed by atoms with Crippen LogP contribution in [0.15, 0.2) is 54.6 Å². The highest BCUT2D eigenvalue weighted by molar-refractivity contribution is 5.76. The van der Waals surface area contributed by atoms with Gasteiger partial charge < -0.3 is 10.6 Å². The van der Waals surface area contributed by atoms with Crippen molar-refractivity contribution in [2.75, 3.05) is 6.54 Å². The summed E-state index contributed by atoms with van der Waals surface area (Å²) in [5.41, 5.74) is 4.06. The monoisotopic (exact) mass is 322 g/mol. The molecule has 2 N–H and O–H groups in total. The molecule has 0 fully saturated rings. The fourth-order valence-corrected chi connectivity index (χ4v) is 3.38. The van der Waals surface area contributed by atoms with Crippen molar-refractivity contribution in [2.24, 2.45) is 5.92 Å². The van der Waals surface area contributed by atoms with Gasteiger partial charge in [0.1, 0.15) is 0 Å². The summed E-state index contributed by atoms with van der Waals surface area (Å²) in [6.45, 7) is 3.73. The van der Waals surface area contributed by atoms with E-state index in [-0.39, 0.29) is 5.91 Å². The van der Waals surface area contributed by atoms with Gasteiger partial charge in [0, 0.05) is 25.6 Å². The molecule has 0 aliphatic carbocycles. The fourth-order valence-electron chi connectivity index (χ4n) is 3.38. The quantitative estimate of drug-likeness (QED) is 0.858. The molecule has 0 spiro atoms. The maximum absolute atomic E-state index is 12.2. The Hall–Kier alpha value is -2.13. The minimum atomic E-state index is 0.152. The highest BCUT2D eigenvalue weighted by atomic mass is 16.1. The lowest BCUT2D eigenvalue weighted by molar-refractivity contribution is -0.122. The first-order valence-corrected chi connectivity index (χ1v) is 8.81. The Morgan fingerprint density at radius 1 is 1.12 bits per heavy atom. The van der Waals surface area contributed by atoms with Gasteiger partial charge in [-0.3, -0.25) is 4.79 Å². The maximum atomic E-state index is 12.2. The molecule has 0 radical (unpaired) electrons. The Labute approximate surface area is 144 Å². The Balaban J connectivity index is 1.41. The summed E-state index contributed by atoms with van der Waals surface area (Å²) in [6, 6.07) is 19.2. The van der Waals surface area contributed by atoms with E-state index in [0.717, 1.165) is 19.4 Å². The highest BCUT2D eigenvalue weighted by Gasteiger charge is 2.18. The standard InChI is InChI=1S/C21H26N2O/c1-16(11-17-7-3-2-4-8-17)12-21(24)23-15-20-13-18-9-5-6-10-19(18)14-22-20/h2-10,16,20,22H,11-15H2,1H3,(H,23,24). The number of benzene rings is 2. The van der Waals surface area contributed by atoms with E-state index in [1.54, 1.807) is 0 Å². The first-order valence-electron chi connectivity index (χ1n) is 8.81. The van der Waals surface area contributed by atoms with Gasteiger partial charge in [0.05, 0.1) is 0 Å². The van der Waals surface area contributed by atoms with Crippen molar-refractivity contribution < 1.29 is 4.79 Å². The van der Waals surface area contributed by atoms with Crippen molar-refractivity contribution in [2.45, 2.75) is 38.8 Å². The predicted molar refractivity (Wildman–Crippen MR) is 97.7 cm³/mol. The van der Waals surface area contributed by atoms with Crippen LogP contribution in [0.3, 0.4) is 0 Å². The van der Waals surface area contributed by atoms with Crippen LogP contribution in [-0.2, 0) is 24.2 Å². The van der Waals surface area contributed by atoms with E-state index < -0.39 is 0 Å². The number of nitrogens with one attached hydrogen (secondary N) is 2. The molecule has 126 valence electrons. The Bertz CT molecular complexity index is 669. The minimum absolute atomic E-state index is 0.152. The number of rotatable bonds is 6. The van der Waals surface area contributed by atoms with Gasteiger partial charge in [-0.2, -0.15) is 0 Å². The molecule has 1 aliphatic heterocycles. The van der Waals surface area contributed by atoms with Gasteiger partial charge >= 0.3 is 0 Å². The molecule has 3 rings (SSSR count). The lowest BCUT2D eigenvalue weighted by Gasteiger charge is -2.26. The molecular formula is C21H26N2O. The van der Waals surface area contributed by atoms with E-state index in [1.807, 2.05) is 6.07 Å². The van der Waals surface area contributed by atoms with E-state index in [1.165, 1.54) is 16.7 Å². The predicted octanol–water partition coefficient (Wildman–Crippen LogP) is 3.09. The van der Waals surface area contributed by atoms with E-state index in [9.17, 15) is 4.79 Å². The van der Waals surface area contributed by atoms with E-state index in [0.29, 0.717) is 24.9 Å². The summed E-state index contributed by atoms with van der Waals surface area (Å²) in [4.78, 5) is 12.2. The summed E-state index contributed by atoms with van der Waals surface area (Å²) in [5.74, 6) is 0.506. The Morgan fingerprint density at radius 2 is 1.83 bits per heavy atom. The summed E-state index contributed by atoms with van der Waals surface area (Å²) in [5, 5.41) is 6.61. The van der Waals surface area contributed by atoms with Crippen molar-refractivity contribution in [3.8, 4) is 0 Å². The van der Waals surface area contributed by atoms with Gasteiger partial charge in [-0.1, -0.05) is 61.5 Å². The normalized spacial score (nSPS) is 17.8. The average molecular weight is 322 g/mol. The second kappa shape index (κ2) is 8.11. The van der Waals surface area contributed by atoms with Crippen LogP contribution in [0, 0.1) is 5.92 Å². The van der Waals surface area contributed by atoms with Gasteiger partial charge in [0.25, 0.3) is 0 Å². The van der Waals surface area contributed by atoms with Crippen molar-refractivity contribution in [3.05, 3.63) is 71.3 Å². The lowest BCUT2D eigenvalue weighted by Crippen LogP contribution is -2.44. The third-order valence-electron chi connectivity index (χ3n) is 4.67. The molecule has 0 saturated heterocycles. The van der Waals surface area contributed by atoms with E-state index >= 15 is 0 Å². The highest BCUT2D eigenvalue weighted by Crippen LogP contribution is 2.16. The van der Waals surface area contributed by atoms with Gasteiger partial charge in [-0.25, -0.2) is 0 Å². The number of fused-ring (bicyclic) bond motifs is 1. The molecule has 0 saturated carbocycles. The number of amides is 1. The molecule has 1 heterocycles. The molecular weight excluding hydrogens is 296 g/mol. The zero-order valence-corrected chi connectivity index (χ0v) is 14.3. The number of hydrogen-bond donors (Lipinski definition) is 2. The Morgan fingerprint density at radius 3 is 2.62 bits per heavy atom. The van der Waals surface area contributed by atoms with Crippen LogP contribution in [-0.4, -0.2) is 18.5 Å². The molecule has 2 atom stereocenters. The minimum Gasteiger partial charge on any atom is -0.355 e. The van der Waals surface area contributed by atoms with E-state index in [2.05, 4.69) is 66.1 Å². The molecule has 3 heteroatoms. The average Bonchev–Trinajstić information content (AvgIpc) is 2.60.